The van der Waals surface area contributed by atoms with Crippen molar-refractivity contribution in [2.75, 3.05) is 13.7 Å². The molecule has 0 amide bonds. The van der Waals surface area contributed by atoms with Crippen LogP contribution >= 0.6 is 0 Å². The van der Waals surface area contributed by atoms with E-state index in [1.54, 1.807) is 7.11 Å². The van der Waals surface area contributed by atoms with Crippen molar-refractivity contribution in [1.29, 1.82) is 0 Å². The molecule has 2 aliphatic heterocycles. The van der Waals surface area contributed by atoms with Crippen molar-refractivity contribution in [2.24, 2.45) is 0 Å². The second-order valence-corrected chi connectivity index (χ2v) is 4.24. The lowest BCUT2D eigenvalue weighted by atomic mass is 10.1. The fourth-order valence-electron chi connectivity index (χ4n) is 2.40. The predicted molar refractivity (Wildman–Crippen MR) is 55.8 cm³/mol. The van der Waals surface area contributed by atoms with Crippen molar-refractivity contribution in [1.82, 2.24) is 0 Å². The van der Waals surface area contributed by atoms with Crippen LogP contribution in [-0.4, -0.2) is 49.2 Å². The molecule has 1 N–H and O–H groups in total. The molecule has 2 saturated heterocycles. The minimum absolute atomic E-state index is 0.0755. The van der Waals surface area contributed by atoms with Crippen LogP contribution in [0, 0.1) is 0 Å². The highest BCUT2D eigenvalue weighted by Crippen LogP contribution is 2.42. The molecule has 0 spiro atoms. The first-order valence-corrected chi connectivity index (χ1v) is 5.84. The lowest BCUT2D eigenvalue weighted by molar-refractivity contribution is -0.246. The molecule has 2 fully saturated rings. The fourth-order valence-corrected chi connectivity index (χ4v) is 2.40. The third-order valence-electron chi connectivity index (χ3n) is 3.46. The maximum absolute atomic E-state index is 9.23. The molecular formula is C11H20O5. The van der Waals surface area contributed by atoms with Gasteiger partial charge in [0.2, 0.25) is 0 Å². The molecular weight excluding hydrogens is 212 g/mol. The van der Waals surface area contributed by atoms with Crippen LogP contribution in [0.25, 0.3) is 0 Å². The molecule has 0 bridgehead atoms. The molecule has 0 aromatic heterocycles. The SMILES string of the molecule is CCC1(CC)O[C@H]2[C@H](OC)OC(CO)[C@H]2O1. The van der Waals surface area contributed by atoms with Crippen molar-refractivity contribution in [3.05, 3.63) is 0 Å². The number of ether oxygens (including phenoxy) is 4. The first kappa shape index (κ1) is 12.3. The van der Waals surface area contributed by atoms with Crippen LogP contribution in [0.4, 0.5) is 0 Å². The lowest BCUT2D eigenvalue weighted by Crippen LogP contribution is -2.35. The quantitative estimate of drug-likeness (QED) is 0.771. The van der Waals surface area contributed by atoms with Crippen LogP contribution < -0.4 is 0 Å². The largest absolute Gasteiger partial charge is 0.394 e. The second kappa shape index (κ2) is 4.58. The first-order valence-electron chi connectivity index (χ1n) is 5.84. The van der Waals surface area contributed by atoms with Crippen LogP contribution in [-0.2, 0) is 18.9 Å². The van der Waals surface area contributed by atoms with Gasteiger partial charge in [-0.3, -0.25) is 0 Å². The highest BCUT2D eigenvalue weighted by atomic mass is 16.8. The maximum Gasteiger partial charge on any atom is 0.186 e. The molecule has 2 aliphatic rings. The van der Waals surface area contributed by atoms with Gasteiger partial charge in [-0.1, -0.05) is 13.8 Å². The monoisotopic (exact) mass is 232 g/mol. The number of hydrogen-bond donors (Lipinski definition) is 1. The summed E-state index contributed by atoms with van der Waals surface area (Å²) in [5.41, 5.74) is 0. The van der Waals surface area contributed by atoms with Gasteiger partial charge in [-0.15, -0.1) is 0 Å². The molecule has 0 radical (unpaired) electrons. The average Bonchev–Trinajstić information content (AvgIpc) is 2.84. The zero-order valence-electron chi connectivity index (χ0n) is 10.0. The van der Waals surface area contributed by atoms with E-state index in [1.807, 2.05) is 13.8 Å². The number of aliphatic hydroxyl groups is 1. The Balaban J connectivity index is 2.14. The molecule has 0 aromatic carbocycles. The zero-order chi connectivity index (χ0) is 11.8. The van der Waals surface area contributed by atoms with Crippen LogP contribution in [0.15, 0.2) is 0 Å². The number of aliphatic hydroxyl groups excluding tert-OH is 1. The third-order valence-corrected chi connectivity index (χ3v) is 3.46. The standard InChI is InChI=1S/C11H20O5/c1-4-11(5-2)15-8-7(6-12)14-10(13-3)9(8)16-11/h7-10,12H,4-6H2,1-3H3/t7?,8-,9-,10-/m1/s1. The van der Waals surface area contributed by atoms with Gasteiger partial charge in [0.1, 0.15) is 18.3 Å². The summed E-state index contributed by atoms with van der Waals surface area (Å²) in [6, 6.07) is 0. The predicted octanol–water partition coefficient (Wildman–Crippen LogP) is 0.650. The van der Waals surface area contributed by atoms with E-state index in [-0.39, 0.29) is 24.9 Å². The van der Waals surface area contributed by atoms with E-state index in [9.17, 15) is 5.11 Å². The summed E-state index contributed by atoms with van der Waals surface area (Å²) >= 11 is 0. The Morgan fingerprint density at radius 1 is 1.19 bits per heavy atom. The van der Waals surface area contributed by atoms with Crippen LogP contribution in [0.1, 0.15) is 26.7 Å². The Hall–Kier alpha value is -0.200. The van der Waals surface area contributed by atoms with Gasteiger partial charge >= 0.3 is 0 Å². The van der Waals surface area contributed by atoms with E-state index >= 15 is 0 Å². The van der Waals surface area contributed by atoms with Crippen LogP contribution in [0.5, 0.6) is 0 Å². The van der Waals surface area contributed by atoms with Gasteiger partial charge in [0.05, 0.1) is 6.61 Å². The number of fused-ring (bicyclic) bond motifs is 1. The molecule has 94 valence electrons. The van der Waals surface area contributed by atoms with E-state index in [2.05, 4.69) is 0 Å². The number of rotatable bonds is 4. The van der Waals surface area contributed by atoms with Gasteiger partial charge in [-0.2, -0.15) is 0 Å². The summed E-state index contributed by atoms with van der Waals surface area (Å²) in [5, 5.41) is 9.23. The molecule has 16 heavy (non-hydrogen) atoms. The van der Waals surface area contributed by atoms with Crippen LogP contribution in [0.3, 0.4) is 0 Å². The molecule has 5 heteroatoms. The number of hydrogen-bond acceptors (Lipinski definition) is 5. The smallest absolute Gasteiger partial charge is 0.186 e. The molecule has 5 nitrogen and oxygen atoms in total. The van der Waals surface area contributed by atoms with Crippen molar-refractivity contribution in [3.8, 4) is 0 Å². The van der Waals surface area contributed by atoms with E-state index in [4.69, 9.17) is 18.9 Å². The molecule has 0 aliphatic carbocycles. The van der Waals surface area contributed by atoms with Gasteiger partial charge in [0.15, 0.2) is 12.1 Å². The molecule has 2 rings (SSSR count). The topological polar surface area (TPSA) is 57.2 Å². The van der Waals surface area contributed by atoms with Gasteiger partial charge in [-0.25, -0.2) is 0 Å². The Kier molecular flexibility index (Phi) is 3.51. The van der Waals surface area contributed by atoms with Gasteiger partial charge in [0.25, 0.3) is 0 Å². The Bertz CT molecular complexity index is 221. The summed E-state index contributed by atoms with van der Waals surface area (Å²) in [5.74, 6) is -0.538. The molecule has 0 aromatic rings. The van der Waals surface area contributed by atoms with Crippen LogP contribution in [0.2, 0.25) is 0 Å². The minimum Gasteiger partial charge on any atom is -0.394 e. The van der Waals surface area contributed by atoms with Crippen molar-refractivity contribution in [2.45, 2.75) is 57.1 Å². The van der Waals surface area contributed by atoms with Gasteiger partial charge in [0, 0.05) is 7.11 Å². The van der Waals surface area contributed by atoms with Gasteiger partial charge in [-0.05, 0) is 12.8 Å². The van der Waals surface area contributed by atoms with Crippen molar-refractivity contribution in [3.63, 3.8) is 0 Å². The first-order chi connectivity index (χ1) is 7.69. The fraction of sp³-hybridized carbons (Fsp3) is 1.00. The Morgan fingerprint density at radius 3 is 2.31 bits per heavy atom. The normalized spacial score (nSPS) is 41.2. The van der Waals surface area contributed by atoms with Gasteiger partial charge < -0.3 is 24.1 Å². The molecule has 0 saturated carbocycles. The Labute approximate surface area is 95.6 Å². The molecule has 4 atom stereocenters. The summed E-state index contributed by atoms with van der Waals surface area (Å²) in [6.45, 7) is 3.98. The number of methoxy groups -OCH3 is 1. The van der Waals surface area contributed by atoms with Crippen molar-refractivity contribution < 1.29 is 24.1 Å². The zero-order valence-corrected chi connectivity index (χ0v) is 10.0. The highest BCUT2D eigenvalue weighted by molar-refractivity contribution is 4.96. The Morgan fingerprint density at radius 2 is 1.81 bits per heavy atom. The van der Waals surface area contributed by atoms with E-state index in [0.717, 1.165) is 12.8 Å². The minimum atomic E-state index is -0.538. The molecule has 2 heterocycles. The average molecular weight is 232 g/mol. The third kappa shape index (κ3) is 1.76. The summed E-state index contributed by atoms with van der Waals surface area (Å²) < 4.78 is 22.5. The highest BCUT2D eigenvalue weighted by Gasteiger charge is 2.57. The lowest BCUT2D eigenvalue weighted by Gasteiger charge is -2.28. The summed E-state index contributed by atoms with van der Waals surface area (Å²) in [7, 11) is 1.57. The van der Waals surface area contributed by atoms with E-state index in [0.29, 0.717) is 0 Å². The maximum atomic E-state index is 9.23. The summed E-state index contributed by atoms with van der Waals surface area (Å²) in [6.07, 6.45) is 0.310. The molecule has 1 unspecified atom stereocenters. The second-order valence-electron chi connectivity index (χ2n) is 4.24. The summed E-state index contributed by atoms with van der Waals surface area (Å²) in [4.78, 5) is 0. The van der Waals surface area contributed by atoms with E-state index < -0.39 is 12.1 Å². The van der Waals surface area contributed by atoms with Crippen molar-refractivity contribution >= 4 is 0 Å². The van der Waals surface area contributed by atoms with E-state index in [1.165, 1.54) is 0 Å².